The largest absolute Gasteiger partial charge is 0.227 e. The summed E-state index contributed by atoms with van der Waals surface area (Å²) in [5.74, 6) is 0.672. The molecule has 1 fully saturated rings. The Kier molecular flexibility index (Phi) is 1.95. The molecule has 1 saturated carbocycles. The van der Waals surface area contributed by atoms with E-state index in [9.17, 15) is 0 Å². The molecule has 2 aromatic heterocycles. The number of halogens is 1. The molecule has 0 atom stereocenters. The molecule has 0 saturated heterocycles. The maximum Gasteiger partial charge on any atom is 0.210 e. The second kappa shape index (κ2) is 3.17. The summed E-state index contributed by atoms with van der Waals surface area (Å²) in [5, 5.41) is 7.42. The first kappa shape index (κ1) is 8.61. The van der Waals surface area contributed by atoms with Gasteiger partial charge >= 0.3 is 0 Å². The maximum atomic E-state index is 4.53. The molecule has 0 aromatic carbocycles. The van der Waals surface area contributed by atoms with Crippen molar-refractivity contribution in [2.24, 2.45) is 0 Å². The lowest BCUT2D eigenvalue weighted by molar-refractivity contribution is 0.830. The van der Waals surface area contributed by atoms with Crippen LogP contribution in [0.2, 0.25) is 0 Å². The average molecular weight is 270 g/mol. The van der Waals surface area contributed by atoms with Crippen LogP contribution in [0.5, 0.6) is 0 Å². The van der Waals surface area contributed by atoms with E-state index in [1.807, 2.05) is 16.3 Å². The first-order valence-electron chi connectivity index (χ1n) is 4.49. The number of thiazole rings is 1. The third-order valence-corrected chi connectivity index (χ3v) is 3.65. The minimum Gasteiger partial charge on any atom is -0.227 e. The Morgan fingerprint density at radius 3 is 3.00 bits per heavy atom. The van der Waals surface area contributed by atoms with Crippen LogP contribution in [0.3, 0.4) is 0 Å². The number of rotatable bonds is 2. The van der Waals surface area contributed by atoms with Gasteiger partial charge in [0.25, 0.3) is 0 Å². The number of nitrogens with zero attached hydrogens (tertiary/aromatic N) is 3. The molecule has 2 heterocycles. The molecular weight excluding hydrogens is 262 g/mol. The van der Waals surface area contributed by atoms with E-state index in [1.165, 1.54) is 18.5 Å². The van der Waals surface area contributed by atoms with Gasteiger partial charge in [-0.2, -0.15) is 5.10 Å². The van der Waals surface area contributed by atoms with Gasteiger partial charge in [0.2, 0.25) is 5.13 Å². The smallest absolute Gasteiger partial charge is 0.210 e. The van der Waals surface area contributed by atoms with Crippen LogP contribution in [-0.4, -0.2) is 14.8 Å². The van der Waals surface area contributed by atoms with Gasteiger partial charge in [-0.1, -0.05) is 0 Å². The molecule has 3 nitrogen and oxygen atoms in total. The van der Waals surface area contributed by atoms with E-state index in [-0.39, 0.29) is 0 Å². The monoisotopic (exact) mass is 269 g/mol. The third kappa shape index (κ3) is 1.40. The van der Waals surface area contributed by atoms with E-state index in [2.05, 4.69) is 26.0 Å². The van der Waals surface area contributed by atoms with Gasteiger partial charge in [0, 0.05) is 23.7 Å². The lowest BCUT2D eigenvalue weighted by atomic mass is 10.3. The molecule has 0 N–H and O–H groups in total. The molecule has 2 aromatic rings. The van der Waals surface area contributed by atoms with Crippen LogP contribution >= 0.6 is 27.3 Å². The molecule has 14 heavy (non-hydrogen) atoms. The van der Waals surface area contributed by atoms with Gasteiger partial charge in [-0.05, 0) is 28.8 Å². The van der Waals surface area contributed by atoms with Crippen molar-refractivity contribution in [1.82, 2.24) is 14.8 Å². The predicted molar refractivity (Wildman–Crippen MR) is 58.9 cm³/mol. The minimum absolute atomic E-state index is 0.672. The molecule has 3 rings (SSSR count). The maximum absolute atomic E-state index is 4.53. The van der Waals surface area contributed by atoms with E-state index in [0.29, 0.717) is 5.92 Å². The van der Waals surface area contributed by atoms with Crippen molar-refractivity contribution in [3.8, 4) is 5.13 Å². The lowest BCUT2D eigenvalue weighted by Crippen LogP contribution is -1.94. The van der Waals surface area contributed by atoms with E-state index >= 15 is 0 Å². The summed E-state index contributed by atoms with van der Waals surface area (Å²) in [5.41, 5.74) is 1.18. The molecule has 1 aliphatic rings. The highest BCUT2D eigenvalue weighted by Crippen LogP contribution is 2.42. The second-order valence-corrected chi connectivity index (χ2v) is 5.12. The Morgan fingerprint density at radius 1 is 1.50 bits per heavy atom. The molecule has 0 unspecified atom stereocenters. The molecule has 72 valence electrons. The zero-order chi connectivity index (χ0) is 9.54. The predicted octanol–water partition coefficient (Wildman–Crippen LogP) is 2.97. The van der Waals surface area contributed by atoms with E-state index in [1.54, 1.807) is 17.5 Å². The summed E-state index contributed by atoms with van der Waals surface area (Å²) >= 11 is 5.14. The Morgan fingerprint density at radius 2 is 2.36 bits per heavy atom. The van der Waals surface area contributed by atoms with Crippen molar-refractivity contribution in [2.75, 3.05) is 0 Å². The summed E-state index contributed by atoms with van der Waals surface area (Å²) in [4.78, 5) is 4.22. The second-order valence-electron chi connectivity index (χ2n) is 3.40. The zero-order valence-corrected chi connectivity index (χ0v) is 9.75. The molecule has 0 amide bonds. The van der Waals surface area contributed by atoms with Crippen molar-refractivity contribution in [3.05, 3.63) is 27.9 Å². The van der Waals surface area contributed by atoms with Crippen LogP contribution in [-0.2, 0) is 0 Å². The first-order chi connectivity index (χ1) is 6.84. The van der Waals surface area contributed by atoms with Gasteiger partial charge in [-0.3, -0.25) is 0 Å². The van der Waals surface area contributed by atoms with Gasteiger partial charge in [0.1, 0.15) is 0 Å². The summed E-state index contributed by atoms with van der Waals surface area (Å²) in [6, 6.07) is 0. The van der Waals surface area contributed by atoms with Crippen LogP contribution in [0.4, 0.5) is 0 Å². The summed E-state index contributed by atoms with van der Waals surface area (Å²) in [7, 11) is 0. The summed E-state index contributed by atoms with van der Waals surface area (Å²) in [6.45, 7) is 0. The van der Waals surface area contributed by atoms with Gasteiger partial charge in [0.05, 0.1) is 10.2 Å². The quantitative estimate of drug-likeness (QED) is 0.840. The molecule has 5 heteroatoms. The lowest BCUT2D eigenvalue weighted by Gasteiger charge is -1.92. The van der Waals surface area contributed by atoms with E-state index in [0.717, 1.165) is 9.60 Å². The standard InChI is InChI=1S/C9H8BrN3S/c10-7-5-13(9-11-3-4-14-9)12-8(7)6-1-2-6/h3-6H,1-2H2. The number of aromatic nitrogens is 3. The Labute approximate surface area is 93.9 Å². The summed E-state index contributed by atoms with van der Waals surface area (Å²) < 4.78 is 2.96. The van der Waals surface area contributed by atoms with Crippen molar-refractivity contribution in [1.29, 1.82) is 0 Å². The number of hydrogen-bond donors (Lipinski definition) is 0. The minimum atomic E-state index is 0.672. The zero-order valence-electron chi connectivity index (χ0n) is 7.35. The topological polar surface area (TPSA) is 30.7 Å². The highest BCUT2D eigenvalue weighted by Gasteiger charge is 2.28. The fourth-order valence-electron chi connectivity index (χ4n) is 1.43. The molecule has 0 aliphatic heterocycles. The van der Waals surface area contributed by atoms with Gasteiger partial charge in [-0.15, -0.1) is 11.3 Å². The van der Waals surface area contributed by atoms with Crippen molar-refractivity contribution in [2.45, 2.75) is 18.8 Å². The molecule has 1 aliphatic carbocycles. The van der Waals surface area contributed by atoms with Crippen LogP contribution in [0.25, 0.3) is 5.13 Å². The van der Waals surface area contributed by atoms with Crippen LogP contribution in [0, 0.1) is 0 Å². The SMILES string of the molecule is Brc1cn(-c2nccs2)nc1C1CC1. The van der Waals surface area contributed by atoms with Crippen LogP contribution in [0.15, 0.2) is 22.2 Å². The van der Waals surface area contributed by atoms with E-state index < -0.39 is 0 Å². The summed E-state index contributed by atoms with van der Waals surface area (Å²) in [6.07, 6.45) is 6.33. The van der Waals surface area contributed by atoms with E-state index in [4.69, 9.17) is 0 Å². The molecular formula is C9H8BrN3S. The van der Waals surface area contributed by atoms with Gasteiger partial charge in [0.15, 0.2) is 0 Å². The molecule has 0 bridgehead atoms. The van der Waals surface area contributed by atoms with Crippen molar-refractivity contribution in [3.63, 3.8) is 0 Å². The average Bonchev–Trinajstić information content (AvgIpc) is 2.75. The van der Waals surface area contributed by atoms with Crippen LogP contribution in [0.1, 0.15) is 24.5 Å². The highest BCUT2D eigenvalue weighted by molar-refractivity contribution is 9.10. The third-order valence-electron chi connectivity index (χ3n) is 2.28. The van der Waals surface area contributed by atoms with Gasteiger partial charge < -0.3 is 0 Å². The fraction of sp³-hybridized carbons (Fsp3) is 0.333. The van der Waals surface area contributed by atoms with Crippen molar-refractivity contribution < 1.29 is 0 Å². The first-order valence-corrected chi connectivity index (χ1v) is 6.17. The van der Waals surface area contributed by atoms with Crippen LogP contribution < -0.4 is 0 Å². The Bertz CT molecular complexity index is 445. The van der Waals surface area contributed by atoms with Gasteiger partial charge in [-0.25, -0.2) is 9.67 Å². The normalized spacial score (nSPS) is 16.1. The Hall–Kier alpha value is -0.680. The van der Waals surface area contributed by atoms with Crippen molar-refractivity contribution >= 4 is 27.3 Å². The number of hydrogen-bond acceptors (Lipinski definition) is 3. The molecule has 0 radical (unpaired) electrons. The fourth-order valence-corrected chi connectivity index (χ4v) is 2.59. The Balaban J connectivity index is 2.03. The highest BCUT2D eigenvalue weighted by atomic mass is 79.9. The molecule has 0 spiro atoms.